The summed E-state index contributed by atoms with van der Waals surface area (Å²) in [5.74, 6) is 6.88. The third-order valence-corrected chi connectivity index (χ3v) is 3.08. The van der Waals surface area contributed by atoms with Crippen molar-refractivity contribution in [2.45, 2.75) is 19.3 Å². The van der Waals surface area contributed by atoms with Crippen LogP contribution in [0.3, 0.4) is 0 Å². The van der Waals surface area contributed by atoms with E-state index in [9.17, 15) is 0 Å². The van der Waals surface area contributed by atoms with Crippen molar-refractivity contribution in [2.24, 2.45) is 5.84 Å². The van der Waals surface area contributed by atoms with Crippen molar-refractivity contribution in [3.63, 3.8) is 0 Å². The lowest BCUT2D eigenvalue weighted by Crippen LogP contribution is -2.33. The highest BCUT2D eigenvalue weighted by Gasteiger charge is 2.08. The summed E-state index contributed by atoms with van der Waals surface area (Å²) >= 11 is 0. The number of anilines is 2. The second kappa shape index (κ2) is 6.42. The fourth-order valence-corrected chi connectivity index (χ4v) is 2.14. The molecule has 17 heavy (non-hydrogen) atoms. The number of hydrazine groups is 1. The van der Waals surface area contributed by atoms with Gasteiger partial charge in [0.2, 0.25) is 0 Å². The van der Waals surface area contributed by atoms with E-state index in [0.717, 1.165) is 18.9 Å². The number of rotatable bonds is 5. The Morgan fingerprint density at radius 1 is 1.18 bits per heavy atom. The molecule has 94 valence electrons. The van der Waals surface area contributed by atoms with Crippen LogP contribution in [0.2, 0.25) is 0 Å². The molecule has 2 rings (SSSR count). The first kappa shape index (κ1) is 12.1. The first-order valence-corrected chi connectivity index (χ1v) is 6.28. The number of nitrogens with one attached hydrogen (secondary N) is 2. The Bertz CT molecular complexity index is 335. The molecular formula is C12H21N5. The molecule has 1 aromatic rings. The first-order chi connectivity index (χ1) is 8.38. The molecule has 5 nitrogen and oxygen atoms in total. The summed E-state index contributed by atoms with van der Waals surface area (Å²) in [7, 11) is 0. The molecule has 0 amide bonds. The molecular weight excluding hydrogens is 214 g/mol. The largest absolute Gasteiger partial charge is 0.369 e. The minimum Gasteiger partial charge on any atom is -0.369 e. The topological polar surface area (TPSA) is 66.2 Å². The van der Waals surface area contributed by atoms with Gasteiger partial charge in [0.1, 0.15) is 11.6 Å². The van der Waals surface area contributed by atoms with Gasteiger partial charge in [-0.1, -0.05) is 12.5 Å². The van der Waals surface area contributed by atoms with Crippen molar-refractivity contribution < 1.29 is 0 Å². The van der Waals surface area contributed by atoms with Crippen molar-refractivity contribution >= 4 is 11.6 Å². The van der Waals surface area contributed by atoms with Crippen LogP contribution >= 0.6 is 0 Å². The molecule has 0 bridgehead atoms. The van der Waals surface area contributed by atoms with Gasteiger partial charge in [-0.05, 0) is 38.1 Å². The summed E-state index contributed by atoms with van der Waals surface area (Å²) in [6.45, 7) is 4.49. The molecule has 1 aliphatic heterocycles. The molecule has 2 heterocycles. The molecule has 0 radical (unpaired) electrons. The number of hydrogen-bond acceptors (Lipinski definition) is 5. The van der Waals surface area contributed by atoms with Crippen LogP contribution in [0.25, 0.3) is 0 Å². The van der Waals surface area contributed by atoms with Crippen molar-refractivity contribution in [3.8, 4) is 0 Å². The van der Waals surface area contributed by atoms with E-state index in [1.807, 2.05) is 18.2 Å². The van der Waals surface area contributed by atoms with Crippen molar-refractivity contribution in [2.75, 3.05) is 36.9 Å². The van der Waals surface area contributed by atoms with Gasteiger partial charge in [-0.15, -0.1) is 0 Å². The van der Waals surface area contributed by atoms with Crippen LogP contribution in [-0.4, -0.2) is 36.1 Å². The van der Waals surface area contributed by atoms with E-state index in [0.29, 0.717) is 5.82 Å². The lowest BCUT2D eigenvalue weighted by atomic mass is 10.1. The van der Waals surface area contributed by atoms with Gasteiger partial charge in [0, 0.05) is 13.1 Å². The Hall–Kier alpha value is -1.33. The zero-order chi connectivity index (χ0) is 11.9. The number of nitrogens with zero attached hydrogens (tertiary/aromatic N) is 2. The third-order valence-electron chi connectivity index (χ3n) is 3.08. The van der Waals surface area contributed by atoms with Crippen molar-refractivity contribution in [3.05, 3.63) is 18.2 Å². The maximum Gasteiger partial charge on any atom is 0.142 e. The average molecular weight is 235 g/mol. The Morgan fingerprint density at radius 2 is 1.94 bits per heavy atom. The molecule has 0 aromatic carbocycles. The zero-order valence-electron chi connectivity index (χ0n) is 10.2. The fraction of sp³-hybridized carbons (Fsp3) is 0.583. The van der Waals surface area contributed by atoms with Crippen LogP contribution in [0.5, 0.6) is 0 Å². The highest BCUT2D eigenvalue weighted by Crippen LogP contribution is 2.09. The van der Waals surface area contributed by atoms with Gasteiger partial charge in [0.05, 0.1) is 0 Å². The predicted molar refractivity (Wildman–Crippen MR) is 70.8 cm³/mol. The lowest BCUT2D eigenvalue weighted by molar-refractivity contribution is 0.237. The highest BCUT2D eigenvalue weighted by molar-refractivity contribution is 5.44. The Kier molecular flexibility index (Phi) is 4.58. The van der Waals surface area contributed by atoms with E-state index in [4.69, 9.17) is 5.84 Å². The Labute approximate surface area is 102 Å². The Morgan fingerprint density at radius 3 is 2.71 bits per heavy atom. The summed E-state index contributed by atoms with van der Waals surface area (Å²) < 4.78 is 0. The number of likely N-dealkylation sites (tertiary alicyclic amines) is 1. The lowest BCUT2D eigenvalue weighted by Gasteiger charge is -2.26. The van der Waals surface area contributed by atoms with Crippen LogP contribution in [0.4, 0.5) is 11.6 Å². The van der Waals surface area contributed by atoms with Gasteiger partial charge in [-0.2, -0.15) is 0 Å². The number of aromatic nitrogens is 1. The molecule has 0 atom stereocenters. The molecule has 1 fully saturated rings. The predicted octanol–water partition coefficient (Wildman–Crippen LogP) is 1.26. The molecule has 0 saturated carbocycles. The molecule has 4 N–H and O–H groups in total. The van der Waals surface area contributed by atoms with E-state index in [2.05, 4.69) is 20.6 Å². The van der Waals surface area contributed by atoms with Gasteiger partial charge >= 0.3 is 0 Å². The fourth-order valence-electron chi connectivity index (χ4n) is 2.14. The minimum absolute atomic E-state index is 0.688. The zero-order valence-corrected chi connectivity index (χ0v) is 10.2. The van der Waals surface area contributed by atoms with E-state index < -0.39 is 0 Å². The summed E-state index contributed by atoms with van der Waals surface area (Å²) in [5, 5.41) is 3.32. The van der Waals surface area contributed by atoms with Gasteiger partial charge in [-0.3, -0.25) is 0 Å². The number of nitrogens with two attached hydrogens (primary N) is 1. The summed E-state index contributed by atoms with van der Waals surface area (Å²) in [5.41, 5.74) is 2.55. The maximum atomic E-state index is 5.32. The van der Waals surface area contributed by atoms with Crippen LogP contribution in [0.15, 0.2) is 18.2 Å². The SMILES string of the molecule is NNc1cccc(NCCN2CCCCC2)n1. The van der Waals surface area contributed by atoms with Crippen LogP contribution in [0, 0.1) is 0 Å². The highest BCUT2D eigenvalue weighted by atomic mass is 15.3. The normalized spacial score (nSPS) is 16.8. The molecule has 0 aliphatic carbocycles. The number of nitrogen functional groups attached to an aromatic ring is 1. The standard InChI is InChI=1S/C12H21N5/c13-16-12-6-4-5-11(15-12)14-7-10-17-8-2-1-3-9-17/h4-6H,1-3,7-10,13H2,(H2,14,15,16). The van der Waals surface area contributed by atoms with Crippen molar-refractivity contribution in [1.29, 1.82) is 0 Å². The van der Waals surface area contributed by atoms with E-state index >= 15 is 0 Å². The Balaban J connectivity index is 1.73. The van der Waals surface area contributed by atoms with Crippen LogP contribution < -0.4 is 16.6 Å². The average Bonchev–Trinajstić information content (AvgIpc) is 2.40. The molecule has 0 unspecified atom stereocenters. The maximum absolute atomic E-state index is 5.32. The summed E-state index contributed by atoms with van der Waals surface area (Å²) in [6, 6.07) is 5.73. The molecule has 1 aliphatic rings. The van der Waals surface area contributed by atoms with Gasteiger partial charge in [0.25, 0.3) is 0 Å². The van der Waals surface area contributed by atoms with Crippen LogP contribution in [0.1, 0.15) is 19.3 Å². The minimum atomic E-state index is 0.688. The molecule has 1 aromatic heterocycles. The number of pyridine rings is 1. The second-order valence-corrected chi connectivity index (χ2v) is 4.38. The molecule has 1 saturated heterocycles. The van der Waals surface area contributed by atoms with Crippen molar-refractivity contribution in [1.82, 2.24) is 9.88 Å². The van der Waals surface area contributed by atoms with Crippen LogP contribution in [-0.2, 0) is 0 Å². The van der Waals surface area contributed by atoms with E-state index in [1.54, 1.807) is 0 Å². The second-order valence-electron chi connectivity index (χ2n) is 4.38. The van der Waals surface area contributed by atoms with Gasteiger partial charge in [0.15, 0.2) is 0 Å². The molecule has 0 spiro atoms. The third kappa shape index (κ3) is 3.87. The summed E-state index contributed by atoms with van der Waals surface area (Å²) in [6.07, 6.45) is 4.06. The summed E-state index contributed by atoms with van der Waals surface area (Å²) in [4.78, 5) is 6.81. The number of hydrogen-bond donors (Lipinski definition) is 3. The first-order valence-electron chi connectivity index (χ1n) is 6.28. The van der Waals surface area contributed by atoms with Gasteiger partial charge in [-0.25, -0.2) is 10.8 Å². The monoisotopic (exact) mass is 235 g/mol. The number of piperidine rings is 1. The smallest absolute Gasteiger partial charge is 0.142 e. The van der Waals surface area contributed by atoms with E-state index in [-0.39, 0.29) is 0 Å². The molecule has 5 heteroatoms. The quantitative estimate of drug-likeness (QED) is 0.530. The van der Waals surface area contributed by atoms with E-state index in [1.165, 1.54) is 32.4 Å². The van der Waals surface area contributed by atoms with Gasteiger partial charge < -0.3 is 15.6 Å².